The van der Waals surface area contributed by atoms with Crippen LogP contribution < -0.4 is 10.6 Å². The van der Waals surface area contributed by atoms with Gasteiger partial charge in [-0.25, -0.2) is 19.6 Å². The number of rotatable bonds is 7. The van der Waals surface area contributed by atoms with Gasteiger partial charge >= 0.3 is 12.1 Å². The Balaban J connectivity index is 2.02. The second-order valence-electron chi connectivity index (χ2n) is 7.31. The zero-order chi connectivity index (χ0) is 21.4. The molecule has 1 heterocycles. The summed E-state index contributed by atoms with van der Waals surface area (Å²) in [7, 11) is 0. The van der Waals surface area contributed by atoms with Crippen molar-refractivity contribution in [1.82, 2.24) is 15.3 Å². The number of nitrogens with zero attached hydrogens (tertiary/aromatic N) is 2. The average molecular weight is 421 g/mol. The van der Waals surface area contributed by atoms with Gasteiger partial charge < -0.3 is 20.1 Å². The highest BCUT2D eigenvalue weighted by atomic mass is 35.5. The van der Waals surface area contributed by atoms with Gasteiger partial charge in [0.05, 0.1) is 0 Å². The van der Waals surface area contributed by atoms with Crippen LogP contribution in [0, 0.1) is 6.92 Å². The molecule has 1 aromatic carbocycles. The third kappa shape index (κ3) is 7.57. The van der Waals surface area contributed by atoms with Crippen molar-refractivity contribution in [2.75, 3.05) is 11.9 Å². The van der Waals surface area contributed by atoms with Crippen LogP contribution in [0.5, 0.6) is 0 Å². The molecule has 0 saturated carbocycles. The van der Waals surface area contributed by atoms with Crippen LogP contribution in [0.2, 0.25) is 5.15 Å². The number of ether oxygens (including phenoxy) is 2. The van der Waals surface area contributed by atoms with Crippen molar-refractivity contribution in [3.05, 3.63) is 52.9 Å². The molecule has 156 valence electrons. The van der Waals surface area contributed by atoms with E-state index in [4.69, 9.17) is 21.1 Å². The van der Waals surface area contributed by atoms with Crippen LogP contribution in [0.15, 0.2) is 36.7 Å². The lowest BCUT2D eigenvalue weighted by Gasteiger charge is -2.25. The molecule has 0 aliphatic heterocycles. The number of nitrogens with one attached hydrogen (secondary N) is 2. The molecule has 0 unspecified atom stereocenters. The van der Waals surface area contributed by atoms with Gasteiger partial charge in [0.1, 0.15) is 35.5 Å². The molecule has 0 saturated heterocycles. The summed E-state index contributed by atoms with van der Waals surface area (Å²) in [5.41, 5.74) is 0.753. The van der Waals surface area contributed by atoms with Gasteiger partial charge in [-0.2, -0.15) is 0 Å². The lowest BCUT2D eigenvalue weighted by molar-refractivity contribution is -0.156. The quantitative estimate of drug-likeness (QED) is 0.522. The number of carbonyl (C=O) groups excluding carboxylic acids is 2. The number of amides is 1. The summed E-state index contributed by atoms with van der Waals surface area (Å²) in [5, 5.41) is 5.83. The zero-order valence-electron chi connectivity index (χ0n) is 16.9. The Labute approximate surface area is 175 Å². The van der Waals surface area contributed by atoms with Crippen LogP contribution in [0.4, 0.5) is 10.6 Å². The Kier molecular flexibility index (Phi) is 7.78. The Morgan fingerprint density at radius 3 is 2.52 bits per heavy atom. The van der Waals surface area contributed by atoms with Crippen LogP contribution in [0.3, 0.4) is 0 Å². The molecule has 9 heteroatoms. The summed E-state index contributed by atoms with van der Waals surface area (Å²) in [6.45, 7) is 7.10. The van der Waals surface area contributed by atoms with E-state index in [0.717, 1.165) is 5.56 Å². The first-order chi connectivity index (χ1) is 13.7. The SMILES string of the molecule is Cc1c(Cl)ncnc1NC[C@H](NC(=O)OCc1ccccc1)C(=O)OC(C)(C)C. The summed E-state index contributed by atoms with van der Waals surface area (Å²) < 4.78 is 10.6. The fourth-order valence-corrected chi connectivity index (χ4v) is 2.41. The Morgan fingerprint density at radius 1 is 1.17 bits per heavy atom. The second-order valence-corrected chi connectivity index (χ2v) is 7.67. The molecular formula is C20H25ClN4O4. The van der Waals surface area contributed by atoms with Crippen molar-refractivity contribution in [3.8, 4) is 0 Å². The monoisotopic (exact) mass is 420 g/mol. The number of halogens is 1. The first-order valence-corrected chi connectivity index (χ1v) is 9.44. The minimum absolute atomic E-state index is 0.0313. The van der Waals surface area contributed by atoms with Gasteiger partial charge in [0, 0.05) is 12.1 Å². The number of anilines is 1. The van der Waals surface area contributed by atoms with E-state index in [-0.39, 0.29) is 13.2 Å². The number of alkyl carbamates (subject to hydrolysis) is 1. The molecule has 0 radical (unpaired) electrons. The fraction of sp³-hybridized carbons (Fsp3) is 0.400. The van der Waals surface area contributed by atoms with Gasteiger partial charge in [-0.05, 0) is 33.3 Å². The van der Waals surface area contributed by atoms with Crippen LogP contribution in [0.1, 0.15) is 31.9 Å². The van der Waals surface area contributed by atoms with Gasteiger partial charge in [0.15, 0.2) is 0 Å². The lowest BCUT2D eigenvalue weighted by Crippen LogP contribution is -2.48. The minimum atomic E-state index is -0.995. The van der Waals surface area contributed by atoms with Crippen LogP contribution in [0.25, 0.3) is 0 Å². The van der Waals surface area contributed by atoms with E-state index in [1.54, 1.807) is 27.7 Å². The van der Waals surface area contributed by atoms with Crippen molar-refractivity contribution in [1.29, 1.82) is 0 Å². The Bertz CT molecular complexity index is 840. The maximum Gasteiger partial charge on any atom is 0.408 e. The summed E-state index contributed by atoms with van der Waals surface area (Å²) in [6, 6.07) is 8.24. The third-order valence-corrected chi connectivity index (χ3v) is 4.07. The van der Waals surface area contributed by atoms with E-state index >= 15 is 0 Å². The average Bonchev–Trinajstić information content (AvgIpc) is 2.66. The fourth-order valence-electron chi connectivity index (χ4n) is 2.28. The van der Waals surface area contributed by atoms with E-state index in [0.29, 0.717) is 16.5 Å². The summed E-state index contributed by atoms with van der Waals surface area (Å²) in [6.07, 6.45) is 0.575. The maximum atomic E-state index is 12.6. The number of carbonyl (C=O) groups is 2. The van der Waals surface area contributed by atoms with E-state index in [9.17, 15) is 9.59 Å². The summed E-state index contributed by atoms with van der Waals surface area (Å²) in [5.74, 6) is -0.141. The molecule has 2 aromatic rings. The molecule has 2 rings (SSSR count). The highest BCUT2D eigenvalue weighted by molar-refractivity contribution is 6.30. The van der Waals surface area contributed by atoms with Crippen molar-refractivity contribution >= 4 is 29.5 Å². The van der Waals surface area contributed by atoms with Gasteiger partial charge in [0.2, 0.25) is 0 Å². The van der Waals surface area contributed by atoms with Crippen LogP contribution >= 0.6 is 11.6 Å². The smallest absolute Gasteiger partial charge is 0.408 e. The normalized spacial score (nSPS) is 12.0. The largest absolute Gasteiger partial charge is 0.458 e. The van der Waals surface area contributed by atoms with Gasteiger partial charge in [-0.15, -0.1) is 0 Å². The predicted molar refractivity (Wildman–Crippen MR) is 110 cm³/mol. The summed E-state index contributed by atoms with van der Waals surface area (Å²) in [4.78, 5) is 32.7. The Hall–Kier alpha value is -2.87. The van der Waals surface area contributed by atoms with Crippen LogP contribution in [-0.4, -0.2) is 40.2 Å². The number of esters is 1. The molecule has 1 amide bonds. The highest BCUT2D eigenvalue weighted by Gasteiger charge is 2.27. The number of benzene rings is 1. The maximum absolute atomic E-state index is 12.6. The second kappa shape index (κ2) is 10.1. The molecule has 8 nitrogen and oxygen atoms in total. The number of hydrogen-bond acceptors (Lipinski definition) is 7. The Morgan fingerprint density at radius 2 is 1.86 bits per heavy atom. The zero-order valence-corrected chi connectivity index (χ0v) is 17.6. The van der Waals surface area contributed by atoms with Crippen molar-refractivity contribution < 1.29 is 19.1 Å². The van der Waals surface area contributed by atoms with E-state index < -0.39 is 23.7 Å². The van der Waals surface area contributed by atoms with Crippen molar-refractivity contribution in [2.45, 2.75) is 45.9 Å². The molecule has 1 aromatic heterocycles. The molecule has 0 fully saturated rings. The number of aromatic nitrogens is 2. The van der Waals surface area contributed by atoms with Gasteiger partial charge in [0.25, 0.3) is 0 Å². The molecule has 0 aliphatic rings. The molecule has 0 bridgehead atoms. The topological polar surface area (TPSA) is 102 Å². The summed E-state index contributed by atoms with van der Waals surface area (Å²) >= 11 is 5.99. The van der Waals surface area contributed by atoms with Crippen molar-refractivity contribution in [3.63, 3.8) is 0 Å². The van der Waals surface area contributed by atoms with E-state index in [1.807, 2.05) is 30.3 Å². The predicted octanol–water partition coefficient (Wildman–Crippen LogP) is 3.49. The van der Waals surface area contributed by atoms with E-state index in [2.05, 4.69) is 20.6 Å². The van der Waals surface area contributed by atoms with Crippen molar-refractivity contribution in [2.24, 2.45) is 0 Å². The van der Waals surface area contributed by atoms with Gasteiger partial charge in [-0.1, -0.05) is 41.9 Å². The number of hydrogen-bond donors (Lipinski definition) is 2. The van der Waals surface area contributed by atoms with Gasteiger partial charge in [-0.3, -0.25) is 0 Å². The molecule has 0 aliphatic carbocycles. The van der Waals surface area contributed by atoms with Crippen LogP contribution in [-0.2, 0) is 20.9 Å². The van der Waals surface area contributed by atoms with E-state index in [1.165, 1.54) is 6.33 Å². The highest BCUT2D eigenvalue weighted by Crippen LogP contribution is 2.18. The molecule has 0 spiro atoms. The third-order valence-electron chi connectivity index (χ3n) is 3.69. The molecule has 29 heavy (non-hydrogen) atoms. The minimum Gasteiger partial charge on any atom is -0.458 e. The first-order valence-electron chi connectivity index (χ1n) is 9.07. The standard InChI is InChI=1S/C20H25ClN4O4/c1-13-16(21)23-12-24-17(13)22-10-15(18(26)29-20(2,3)4)25-19(27)28-11-14-8-6-5-7-9-14/h5-9,12,15H,10-11H2,1-4H3,(H,25,27)(H,22,23,24)/t15-/m0/s1. The lowest BCUT2D eigenvalue weighted by atomic mass is 10.2. The molecule has 2 N–H and O–H groups in total. The first kappa shape index (κ1) is 22.4. The molecule has 1 atom stereocenters. The molecular weight excluding hydrogens is 396 g/mol.